The number of carbonyl (C=O) groups is 1. The highest BCUT2D eigenvalue weighted by Gasteiger charge is 2.13. The van der Waals surface area contributed by atoms with Crippen LogP contribution in [0.5, 0.6) is 0 Å². The van der Waals surface area contributed by atoms with E-state index < -0.39 is 5.97 Å². The number of esters is 1. The van der Waals surface area contributed by atoms with Crippen LogP contribution >= 0.6 is 27.3 Å². The molecule has 2 aromatic heterocycles. The van der Waals surface area contributed by atoms with Gasteiger partial charge in [-0.1, -0.05) is 0 Å². The largest absolute Gasteiger partial charge is 0.465 e. The van der Waals surface area contributed by atoms with Gasteiger partial charge in [0.1, 0.15) is 5.82 Å². The summed E-state index contributed by atoms with van der Waals surface area (Å²) in [6, 6.07) is 3.55. The van der Waals surface area contributed by atoms with Crippen LogP contribution in [0.3, 0.4) is 0 Å². The monoisotopic (exact) mass is 341 g/mol. The zero-order valence-electron chi connectivity index (χ0n) is 10.1. The molecule has 0 saturated heterocycles. The van der Waals surface area contributed by atoms with Gasteiger partial charge in [-0.25, -0.2) is 9.78 Å². The van der Waals surface area contributed by atoms with Crippen LogP contribution in [0.1, 0.15) is 15.2 Å². The second-order valence-electron chi connectivity index (χ2n) is 3.70. The van der Waals surface area contributed by atoms with E-state index in [1.54, 1.807) is 11.3 Å². The van der Waals surface area contributed by atoms with E-state index >= 15 is 0 Å². The molecule has 2 rings (SSSR count). The number of nitrogens with zero attached hydrogens (tertiary/aromatic N) is 1. The van der Waals surface area contributed by atoms with Crippen LogP contribution < -0.4 is 11.1 Å². The molecule has 0 fully saturated rings. The standard InChI is InChI=1S/C12H12BrN3O2S/c1-18-12(17)9-2-3-15-11(10(9)14)16-5-8-4-7(13)6-19-8/h2-4,6H,5,14H2,1H3,(H,15,16). The average molecular weight is 342 g/mol. The van der Waals surface area contributed by atoms with E-state index in [9.17, 15) is 4.79 Å². The number of hydrogen-bond donors (Lipinski definition) is 2. The molecule has 0 radical (unpaired) electrons. The van der Waals surface area contributed by atoms with Gasteiger partial charge in [-0.3, -0.25) is 0 Å². The quantitative estimate of drug-likeness (QED) is 0.836. The predicted molar refractivity (Wildman–Crippen MR) is 79.3 cm³/mol. The minimum atomic E-state index is -0.471. The number of pyridine rings is 1. The lowest BCUT2D eigenvalue weighted by atomic mass is 10.2. The first-order valence-corrected chi connectivity index (χ1v) is 7.08. The first-order chi connectivity index (χ1) is 9.11. The molecule has 7 heteroatoms. The van der Waals surface area contributed by atoms with E-state index in [4.69, 9.17) is 5.73 Å². The van der Waals surface area contributed by atoms with Crippen molar-refractivity contribution in [2.75, 3.05) is 18.2 Å². The molecular formula is C12H12BrN3O2S. The normalized spacial score (nSPS) is 10.2. The molecule has 0 aliphatic rings. The molecule has 2 aromatic rings. The molecule has 0 unspecified atom stereocenters. The number of nitrogens with one attached hydrogen (secondary N) is 1. The Morgan fingerprint density at radius 1 is 1.63 bits per heavy atom. The molecule has 3 N–H and O–H groups in total. The highest BCUT2D eigenvalue weighted by atomic mass is 79.9. The van der Waals surface area contributed by atoms with Gasteiger partial charge in [-0.05, 0) is 28.1 Å². The van der Waals surface area contributed by atoms with Crippen LogP contribution in [0.15, 0.2) is 28.2 Å². The van der Waals surface area contributed by atoms with Crippen molar-refractivity contribution in [3.8, 4) is 0 Å². The number of thiophene rings is 1. The minimum Gasteiger partial charge on any atom is -0.465 e. The Morgan fingerprint density at radius 3 is 3.05 bits per heavy atom. The molecule has 2 heterocycles. The molecule has 5 nitrogen and oxygen atoms in total. The van der Waals surface area contributed by atoms with Crippen LogP contribution in [0.2, 0.25) is 0 Å². The van der Waals surface area contributed by atoms with E-state index in [2.05, 4.69) is 31.0 Å². The maximum atomic E-state index is 11.5. The van der Waals surface area contributed by atoms with Crippen LogP contribution in [-0.4, -0.2) is 18.1 Å². The van der Waals surface area contributed by atoms with E-state index in [0.29, 0.717) is 23.6 Å². The van der Waals surface area contributed by atoms with Crippen molar-refractivity contribution in [1.29, 1.82) is 0 Å². The number of methoxy groups -OCH3 is 1. The third-order valence-electron chi connectivity index (χ3n) is 2.45. The van der Waals surface area contributed by atoms with E-state index in [0.717, 1.165) is 9.35 Å². The summed E-state index contributed by atoms with van der Waals surface area (Å²) in [6.07, 6.45) is 1.52. The lowest BCUT2D eigenvalue weighted by molar-refractivity contribution is 0.0602. The van der Waals surface area contributed by atoms with Crippen LogP contribution in [-0.2, 0) is 11.3 Å². The van der Waals surface area contributed by atoms with Gasteiger partial charge in [-0.2, -0.15) is 0 Å². The summed E-state index contributed by atoms with van der Waals surface area (Å²) in [5.74, 6) is 0.00856. The van der Waals surface area contributed by atoms with Gasteiger partial charge >= 0.3 is 5.97 Å². The van der Waals surface area contributed by atoms with Crippen molar-refractivity contribution in [3.05, 3.63) is 38.6 Å². The third kappa shape index (κ3) is 3.24. The second-order valence-corrected chi connectivity index (χ2v) is 5.61. The van der Waals surface area contributed by atoms with Gasteiger partial charge < -0.3 is 15.8 Å². The van der Waals surface area contributed by atoms with Crippen LogP contribution in [0.25, 0.3) is 0 Å². The summed E-state index contributed by atoms with van der Waals surface area (Å²) in [4.78, 5) is 16.8. The summed E-state index contributed by atoms with van der Waals surface area (Å²) in [6.45, 7) is 0.595. The molecule has 0 amide bonds. The average Bonchev–Trinajstić information content (AvgIpc) is 2.82. The van der Waals surface area contributed by atoms with E-state index in [1.807, 2.05) is 11.4 Å². The summed E-state index contributed by atoms with van der Waals surface area (Å²) in [7, 11) is 1.32. The molecule has 0 spiro atoms. The number of halogens is 1. The van der Waals surface area contributed by atoms with Crippen molar-refractivity contribution < 1.29 is 9.53 Å². The summed E-state index contributed by atoms with van der Waals surface area (Å²) >= 11 is 5.01. The number of nitrogen functional groups attached to an aromatic ring is 1. The van der Waals surface area contributed by atoms with Crippen molar-refractivity contribution in [2.24, 2.45) is 0 Å². The number of aromatic nitrogens is 1. The van der Waals surface area contributed by atoms with Crippen molar-refractivity contribution in [2.45, 2.75) is 6.54 Å². The Balaban J connectivity index is 2.14. The number of ether oxygens (including phenoxy) is 1. The molecule has 19 heavy (non-hydrogen) atoms. The Kier molecular flexibility index (Phi) is 4.39. The third-order valence-corrected chi connectivity index (χ3v) is 4.14. The van der Waals surface area contributed by atoms with Gasteiger partial charge in [0.15, 0.2) is 0 Å². The van der Waals surface area contributed by atoms with Crippen LogP contribution in [0, 0.1) is 0 Å². The molecular weight excluding hydrogens is 330 g/mol. The fourth-order valence-electron chi connectivity index (χ4n) is 1.52. The summed E-state index contributed by atoms with van der Waals surface area (Å²) in [5.41, 5.74) is 6.51. The maximum absolute atomic E-state index is 11.5. The van der Waals surface area contributed by atoms with Crippen molar-refractivity contribution in [1.82, 2.24) is 4.98 Å². The Labute approximate surface area is 122 Å². The van der Waals surface area contributed by atoms with Gasteiger partial charge in [0.2, 0.25) is 0 Å². The number of hydrogen-bond acceptors (Lipinski definition) is 6. The van der Waals surface area contributed by atoms with Gasteiger partial charge in [0.05, 0.1) is 24.9 Å². The molecule has 0 aliphatic carbocycles. The first-order valence-electron chi connectivity index (χ1n) is 5.41. The topological polar surface area (TPSA) is 77.2 Å². The smallest absolute Gasteiger partial charge is 0.340 e. The van der Waals surface area contributed by atoms with E-state index in [1.165, 1.54) is 19.4 Å². The van der Waals surface area contributed by atoms with Crippen LogP contribution in [0.4, 0.5) is 11.5 Å². The number of anilines is 2. The molecule has 0 atom stereocenters. The highest BCUT2D eigenvalue weighted by Crippen LogP contribution is 2.24. The summed E-state index contributed by atoms with van der Waals surface area (Å²) < 4.78 is 5.70. The second kappa shape index (κ2) is 6.03. The lowest BCUT2D eigenvalue weighted by Crippen LogP contribution is -2.10. The zero-order valence-corrected chi connectivity index (χ0v) is 12.5. The number of carbonyl (C=O) groups excluding carboxylic acids is 1. The molecule has 0 saturated carbocycles. The fourth-order valence-corrected chi connectivity index (χ4v) is 2.91. The highest BCUT2D eigenvalue weighted by molar-refractivity contribution is 9.10. The Morgan fingerprint density at radius 2 is 2.42 bits per heavy atom. The Bertz CT molecular complexity index is 600. The maximum Gasteiger partial charge on any atom is 0.340 e. The molecule has 100 valence electrons. The molecule has 0 bridgehead atoms. The zero-order chi connectivity index (χ0) is 13.8. The van der Waals surface area contributed by atoms with Gasteiger partial charge in [0.25, 0.3) is 0 Å². The van der Waals surface area contributed by atoms with Gasteiger partial charge in [0, 0.05) is 20.9 Å². The van der Waals surface area contributed by atoms with Crippen molar-refractivity contribution in [3.63, 3.8) is 0 Å². The Hall–Kier alpha value is -1.60. The fraction of sp³-hybridized carbons (Fsp3) is 0.167. The summed E-state index contributed by atoms with van der Waals surface area (Å²) in [5, 5.41) is 5.11. The SMILES string of the molecule is COC(=O)c1ccnc(NCc2cc(Br)cs2)c1N. The van der Waals surface area contributed by atoms with Crippen molar-refractivity contribution >= 4 is 44.7 Å². The van der Waals surface area contributed by atoms with E-state index in [-0.39, 0.29) is 0 Å². The first kappa shape index (κ1) is 13.8. The molecule has 0 aromatic carbocycles. The predicted octanol–water partition coefficient (Wildman–Crippen LogP) is 2.89. The lowest BCUT2D eigenvalue weighted by Gasteiger charge is -2.09. The van der Waals surface area contributed by atoms with Gasteiger partial charge in [-0.15, -0.1) is 11.3 Å². The minimum absolute atomic E-state index is 0.296. The number of nitrogens with two attached hydrogens (primary N) is 1. The number of rotatable bonds is 4. The molecule has 0 aliphatic heterocycles.